The van der Waals surface area contributed by atoms with Gasteiger partial charge in [-0.15, -0.1) is 0 Å². The first-order valence-electron chi connectivity index (χ1n) is 7.28. The minimum atomic E-state index is -1.84. The molecule has 24 heavy (non-hydrogen) atoms. The summed E-state index contributed by atoms with van der Waals surface area (Å²) in [5.74, 6) is -1.10. The number of hydrogen-bond acceptors (Lipinski definition) is 7. The number of nitrogens with two attached hydrogens (primary N) is 1. The number of esters is 2. The van der Waals surface area contributed by atoms with Crippen LogP contribution in [0.5, 0.6) is 0 Å². The van der Waals surface area contributed by atoms with Crippen molar-refractivity contribution in [1.82, 2.24) is 0 Å². The van der Waals surface area contributed by atoms with E-state index in [0.29, 0.717) is 0 Å². The Kier molecular flexibility index (Phi) is 10.5. The Morgan fingerprint density at radius 3 is 1.96 bits per heavy atom. The molecule has 0 aliphatic carbocycles. The van der Waals surface area contributed by atoms with Crippen LogP contribution in [0.2, 0.25) is 0 Å². The fourth-order valence-electron chi connectivity index (χ4n) is 1.81. The van der Waals surface area contributed by atoms with Gasteiger partial charge < -0.3 is 24.7 Å². The number of hydrogen-bond donors (Lipinski definition) is 1. The molecule has 0 saturated heterocycles. The van der Waals surface area contributed by atoms with Gasteiger partial charge in [-0.3, -0.25) is 9.59 Å². The van der Waals surface area contributed by atoms with Gasteiger partial charge in [-0.05, 0) is 12.8 Å². The molecule has 0 aromatic carbocycles. The zero-order valence-corrected chi connectivity index (χ0v) is 16.5. The van der Waals surface area contributed by atoms with Gasteiger partial charge in [-0.2, -0.15) is 0 Å². The van der Waals surface area contributed by atoms with Crippen molar-refractivity contribution in [1.29, 1.82) is 0 Å². The van der Waals surface area contributed by atoms with Crippen molar-refractivity contribution in [3.63, 3.8) is 0 Å². The summed E-state index contributed by atoms with van der Waals surface area (Å²) in [4.78, 5) is 22.4. The minimum Gasteiger partial charge on any atom is -0.463 e. The van der Waals surface area contributed by atoms with Gasteiger partial charge in [0.15, 0.2) is 12.5 Å². The standard InChI is InChI=1S/C14H24Cl3NO6/c1-7(2)12(22-9(4)20)11(6-21-8(3)19)23-10(5)24-13(18)14(15,16)17/h7,10-13H,6,18H2,1-5H3/t10-,11?,12+,13?/m1/s1. The molecule has 0 aliphatic rings. The Morgan fingerprint density at radius 2 is 1.58 bits per heavy atom. The summed E-state index contributed by atoms with van der Waals surface area (Å²) in [7, 11) is 0. The highest BCUT2D eigenvalue weighted by Crippen LogP contribution is 2.30. The van der Waals surface area contributed by atoms with E-state index in [1.807, 2.05) is 13.8 Å². The van der Waals surface area contributed by atoms with Crippen molar-refractivity contribution in [2.24, 2.45) is 11.7 Å². The van der Waals surface area contributed by atoms with Gasteiger partial charge in [-0.25, -0.2) is 0 Å². The minimum absolute atomic E-state index is 0.108. The Hall–Kier alpha value is -0.310. The highest BCUT2D eigenvalue weighted by Gasteiger charge is 2.35. The molecule has 0 radical (unpaired) electrons. The van der Waals surface area contributed by atoms with E-state index in [0.717, 1.165) is 0 Å². The molecule has 0 aromatic rings. The van der Waals surface area contributed by atoms with E-state index in [4.69, 9.17) is 59.5 Å². The number of carbonyl (C=O) groups is 2. The third-order valence-electron chi connectivity index (χ3n) is 2.80. The molecule has 4 atom stereocenters. The first kappa shape index (κ1) is 23.7. The van der Waals surface area contributed by atoms with E-state index in [1.54, 1.807) is 0 Å². The molecule has 0 fully saturated rings. The molecule has 0 spiro atoms. The summed E-state index contributed by atoms with van der Waals surface area (Å²) < 4.78 is 19.3. The predicted octanol–water partition coefficient (Wildman–Crippen LogP) is 2.54. The molecule has 142 valence electrons. The van der Waals surface area contributed by atoms with E-state index in [1.165, 1.54) is 20.8 Å². The zero-order chi connectivity index (χ0) is 19.1. The summed E-state index contributed by atoms with van der Waals surface area (Å²) in [5, 5.41) is 0. The molecule has 0 aliphatic heterocycles. The maximum atomic E-state index is 11.3. The Bertz CT molecular complexity index is 416. The van der Waals surface area contributed by atoms with Crippen LogP contribution in [0.4, 0.5) is 0 Å². The fourth-order valence-corrected chi connectivity index (χ4v) is 1.96. The van der Waals surface area contributed by atoms with Gasteiger partial charge in [0.2, 0.25) is 3.79 Å². The predicted molar refractivity (Wildman–Crippen MR) is 90.7 cm³/mol. The van der Waals surface area contributed by atoms with Crippen LogP contribution >= 0.6 is 34.8 Å². The summed E-state index contributed by atoms with van der Waals surface area (Å²) in [5.41, 5.74) is 5.60. The first-order valence-corrected chi connectivity index (χ1v) is 8.41. The summed E-state index contributed by atoms with van der Waals surface area (Å²) in [6, 6.07) is 0. The monoisotopic (exact) mass is 407 g/mol. The van der Waals surface area contributed by atoms with Crippen molar-refractivity contribution in [3.05, 3.63) is 0 Å². The average molecular weight is 409 g/mol. The summed E-state index contributed by atoms with van der Waals surface area (Å²) in [6.07, 6.45) is -3.60. The molecule has 0 aromatic heterocycles. The second-order valence-corrected chi connectivity index (χ2v) is 7.83. The second-order valence-electron chi connectivity index (χ2n) is 5.46. The molecule has 2 N–H and O–H groups in total. The highest BCUT2D eigenvalue weighted by atomic mass is 35.6. The smallest absolute Gasteiger partial charge is 0.303 e. The van der Waals surface area contributed by atoms with Crippen LogP contribution in [-0.2, 0) is 28.5 Å². The molecule has 10 heteroatoms. The molecule has 0 bridgehead atoms. The topological polar surface area (TPSA) is 97.1 Å². The largest absolute Gasteiger partial charge is 0.463 e. The van der Waals surface area contributed by atoms with Gasteiger partial charge in [0.1, 0.15) is 18.8 Å². The van der Waals surface area contributed by atoms with Crippen LogP contribution in [0.25, 0.3) is 0 Å². The van der Waals surface area contributed by atoms with E-state index in [9.17, 15) is 9.59 Å². The lowest BCUT2D eigenvalue weighted by molar-refractivity contribution is -0.222. The van der Waals surface area contributed by atoms with E-state index < -0.39 is 40.5 Å². The quantitative estimate of drug-likeness (QED) is 0.356. The summed E-state index contributed by atoms with van der Waals surface area (Å²) in [6.45, 7) is 7.58. The fraction of sp³-hybridized carbons (Fsp3) is 0.857. The Balaban J connectivity index is 5.03. The van der Waals surface area contributed by atoms with Crippen LogP contribution in [0.1, 0.15) is 34.6 Å². The number of halogens is 3. The maximum Gasteiger partial charge on any atom is 0.303 e. The number of ether oxygens (including phenoxy) is 4. The van der Waals surface area contributed by atoms with Crippen LogP contribution in [0, 0.1) is 5.92 Å². The van der Waals surface area contributed by atoms with Crippen molar-refractivity contribution in [2.45, 2.75) is 63.1 Å². The van der Waals surface area contributed by atoms with Crippen LogP contribution < -0.4 is 5.73 Å². The Morgan fingerprint density at radius 1 is 1.04 bits per heavy atom. The van der Waals surface area contributed by atoms with E-state index in [2.05, 4.69) is 0 Å². The Labute approximate surface area is 157 Å². The van der Waals surface area contributed by atoms with Gasteiger partial charge in [0, 0.05) is 13.8 Å². The molecule has 7 nitrogen and oxygen atoms in total. The molecule has 0 amide bonds. The maximum absolute atomic E-state index is 11.3. The molecular formula is C14H24Cl3NO6. The molecule has 0 heterocycles. The highest BCUT2D eigenvalue weighted by molar-refractivity contribution is 6.68. The average Bonchev–Trinajstić information content (AvgIpc) is 2.39. The third kappa shape index (κ3) is 9.86. The molecule has 0 saturated carbocycles. The van der Waals surface area contributed by atoms with Crippen molar-refractivity contribution >= 4 is 46.7 Å². The lowest BCUT2D eigenvalue weighted by Crippen LogP contribution is -2.45. The van der Waals surface area contributed by atoms with E-state index >= 15 is 0 Å². The number of alkyl halides is 3. The van der Waals surface area contributed by atoms with Gasteiger partial charge in [0.05, 0.1) is 0 Å². The zero-order valence-electron chi connectivity index (χ0n) is 14.3. The molecular weight excluding hydrogens is 385 g/mol. The van der Waals surface area contributed by atoms with Crippen LogP contribution in [-0.4, -0.2) is 47.1 Å². The van der Waals surface area contributed by atoms with Crippen molar-refractivity contribution < 1.29 is 28.5 Å². The molecule has 2 unspecified atom stereocenters. The first-order chi connectivity index (χ1) is 10.8. The van der Waals surface area contributed by atoms with Crippen molar-refractivity contribution in [3.8, 4) is 0 Å². The number of carbonyl (C=O) groups excluding carboxylic acids is 2. The van der Waals surface area contributed by atoms with Crippen LogP contribution in [0.15, 0.2) is 0 Å². The second kappa shape index (κ2) is 10.6. The van der Waals surface area contributed by atoms with Crippen LogP contribution in [0.3, 0.4) is 0 Å². The normalized spacial score (nSPS) is 17.1. The molecule has 0 rings (SSSR count). The number of rotatable bonds is 9. The lowest BCUT2D eigenvalue weighted by Gasteiger charge is -2.32. The van der Waals surface area contributed by atoms with Crippen molar-refractivity contribution in [2.75, 3.05) is 6.61 Å². The lowest BCUT2D eigenvalue weighted by atomic mass is 10.0. The summed E-state index contributed by atoms with van der Waals surface area (Å²) >= 11 is 16.9. The SMILES string of the molecule is CC(=O)OCC(O[C@@H](C)OC(N)C(Cl)(Cl)Cl)[C@@H](OC(C)=O)C(C)C. The third-order valence-corrected chi connectivity index (χ3v) is 3.45. The van der Waals surface area contributed by atoms with Gasteiger partial charge in [0.25, 0.3) is 0 Å². The van der Waals surface area contributed by atoms with Gasteiger partial charge in [-0.1, -0.05) is 48.7 Å². The van der Waals surface area contributed by atoms with Gasteiger partial charge >= 0.3 is 11.9 Å². The van der Waals surface area contributed by atoms with E-state index in [-0.39, 0.29) is 12.5 Å².